The Labute approximate surface area is 146 Å². The lowest BCUT2D eigenvalue weighted by Crippen LogP contribution is -2.41. The number of carbonyl (C=O) groups excluding carboxylic acids is 1. The second-order valence-electron chi connectivity index (χ2n) is 7.05. The molecule has 1 N–H and O–H groups in total. The van der Waals surface area contributed by atoms with Crippen LogP contribution in [0.2, 0.25) is 0 Å². The smallest absolute Gasteiger partial charge is 0.335 e. The standard InChI is InChI=1S/C20H22O5/c1-13-6-7-16-19(23)25-17(14-8-10-24-12-14)11-20(16,2)9-4-3-5-15(13)18(21)22/h3-5,8,10,12,16-17H,1,6-7,9,11H2,2H3,(H,21,22). The summed E-state index contributed by atoms with van der Waals surface area (Å²) >= 11 is 0. The van der Waals surface area contributed by atoms with E-state index < -0.39 is 5.97 Å². The molecule has 1 aliphatic heterocycles. The van der Waals surface area contributed by atoms with Crippen molar-refractivity contribution in [2.75, 3.05) is 0 Å². The SMILES string of the molecule is C=C1CCC2C(=O)OC(c3ccoc3)CC2(C)CC=CC=C1C(=O)O. The summed E-state index contributed by atoms with van der Waals surface area (Å²) in [6.45, 7) is 5.98. The van der Waals surface area contributed by atoms with Crippen LogP contribution in [0.25, 0.3) is 0 Å². The van der Waals surface area contributed by atoms with E-state index in [1.165, 1.54) is 0 Å². The largest absolute Gasteiger partial charge is 0.478 e. The van der Waals surface area contributed by atoms with E-state index in [-0.39, 0.29) is 29.0 Å². The fourth-order valence-electron chi connectivity index (χ4n) is 3.75. The molecule has 5 heteroatoms. The number of ether oxygens (including phenoxy) is 1. The van der Waals surface area contributed by atoms with Crippen LogP contribution >= 0.6 is 0 Å². The predicted molar refractivity (Wildman–Crippen MR) is 91.6 cm³/mol. The predicted octanol–water partition coefficient (Wildman–Crippen LogP) is 4.20. The van der Waals surface area contributed by atoms with Gasteiger partial charge < -0.3 is 14.3 Å². The highest BCUT2D eigenvalue weighted by Crippen LogP contribution is 2.49. The number of carboxylic acid groups (broad SMARTS) is 1. The van der Waals surface area contributed by atoms with Crippen molar-refractivity contribution in [3.8, 4) is 0 Å². The Morgan fingerprint density at radius 3 is 2.92 bits per heavy atom. The first-order valence-electron chi connectivity index (χ1n) is 8.41. The van der Waals surface area contributed by atoms with Crippen LogP contribution in [0.4, 0.5) is 0 Å². The van der Waals surface area contributed by atoms with E-state index in [0.717, 1.165) is 5.56 Å². The van der Waals surface area contributed by atoms with Gasteiger partial charge in [0.2, 0.25) is 0 Å². The van der Waals surface area contributed by atoms with Crippen molar-refractivity contribution in [3.63, 3.8) is 0 Å². The minimum atomic E-state index is -0.996. The molecule has 1 fully saturated rings. The van der Waals surface area contributed by atoms with Crippen LogP contribution in [-0.2, 0) is 14.3 Å². The zero-order chi connectivity index (χ0) is 18.0. The molecular weight excluding hydrogens is 320 g/mol. The third-order valence-corrected chi connectivity index (χ3v) is 5.28. The van der Waals surface area contributed by atoms with Crippen molar-refractivity contribution in [2.45, 2.75) is 38.7 Å². The van der Waals surface area contributed by atoms with Crippen molar-refractivity contribution in [1.82, 2.24) is 0 Å². The number of allylic oxidation sites excluding steroid dienone is 3. The highest BCUT2D eigenvalue weighted by atomic mass is 16.5. The van der Waals surface area contributed by atoms with Crippen molar-refractivity contribution >= 4 is 11.9 Å². The van der Waals surface area contributed by atoms with Crippen LogP contribution in [0.5, 0.6) is 0 Å². The molecule has 0 aromatic carbocycles. The molecule has 132 valence electrons. The van der Waals surface area contributed by atoms with Crippen molar-refractivity contribution in [1.29, 1.82) is 0 Å². The molecule has 25 heavy (non-hydrogen) atoms. The summed E-state index contributed by atoms with van der Waals surface area (Å²) in [5.74, 6) is -1.52. The van der Waals surface area contributed by atoms with Gasteiger partial charge in [-0.05, 0) is 48.8 Å². The molecule has 1 saturated heterocycles. The third-order valence-electron chi connectivity index (χ3n) is 5.28. The number of carbonyl (C=O) groups is 2. The van der Waals surface area contributed by atoms with Crippen LogP contribution in [0, 0.1) is 11.3 Å². The number of aliphatic carboxylic acids is 1. The monoisotopic (exact) mass is 342 g/mol. The summed E-state index contributed by atoms with van der Waals surface area (Å²) in [5, 5.41) is 9.30. The quantitative estimate of drug-likeness (QED) is 0.815. The highest BCUT2D eigenvalue weighted by Gasteiger charge is 2.46. The Hall–Kier alpha value is -2.56. The van der Waals surface area contributed by atoms with Gasteiger partial charge in [0.1, 0.15) is 6.10 Å². The molecule has 0 radical (unpaired) electrons. The summed E-state index contributed by atoms with van der Waals surface area (Å²) in [5.41, 5.74) is 1.33. The minimum absolute atomic E-state index is 0.195. The zero-order valence-corrected chi connectivity index (χ0v) is 14.2. The van der Waals surface area contributed by atoms with Gasteiger partial charge in [-0.25, -0.2) is 4.79 Å². The number of furan rings is 1. The van der Waals surface area contributed by atoms with E-state index in [1.807, 2.05) is 12.1 Å². The third kappa shape index (κ3) is 3.45. The molecule has 0 bridgehead atoms. The van der Waals surface area contributed by atoms with Gasteiger partial charge in [-0.3, -0.25) is 4.79 Å². The zero-order valence-electron chi connectivity index (χ0n) is 14.2. The van der Waals surface area contributed by atoms with Gasteiger partial charge >= 0.3 is 11.9 Å². The first kappa shape index (κ1) is 17.3. The number of esters is 1. The van der Waals surface area contributed by atoms with Crippen molar-refractivity contribution < 1.29 is 23.8 Å². The molecule has 0 spiro atoms. The molecule has 2 aliphatic rings. The lowest BCUT2D eigenvalue weighted by Gasteiger charge is -2.43. The maximum absolute atomic E-state index is 12.7. The summed E-state index contributed by atoms with van der Waals surface area (Å²) in [7, 11) is 0. The Balaban J connectivity index is 1.89. The van der Waals surface area contributed by atoms with Gasteiger partial charge in [0, 0.05) is 5.56 Å². The molecule has 2 heterocycles. The second-order valence-corrected chi connectivity index (χ2v) is 7.05. The molecular formula is C20H22O5. The van der Waals surface area contributed by atoms with Gasteiger partial charge in [0.15, 0.2) is 0 Å². The van der Waals surface area contributed by atoms with Crippen LogP contribution in [-0.4, -0.2) is 17.0 Å². The molecule has 1 aromatic rings. The van der Waals surface area contributed by atoms with Crippen LogP contribution in [0.3, 0.4) is 0 Å². The Morgan fingerprint density at radius 1 is 1.44 bits per heavy atom. The lowest BCUT2D eigenvalue weighted by atomic mass is 9.66. The highest BCUT2D eigenvalue weighted by molar-refractivity contribution is 5.92. The van der Waals surface area contributed by atoms with Gasteiger partial charge in [0.05, 0.1) is 24.0 Å². The molecule has 3 atom stereocenters. The summed E-state index contributed by atoms with van der Waals surface area (Å²) in [6, 6.07) is 1.82. The van der Waals surface area contributed by atoms with Crippen LogP contribution < -0.4 is 0 Å². The summed E-state index contributed by atoms with van der Waals surface area (Å²) in [4.78, 5) is 24.0. The summed E-state index contributed by atoms with van der Waals surface area (Å²) in [6.07, 6.45) is 10.5. The molecule has 1 aliphatic carbocycles. The van der Waals surface area contributed by atoms with E-state index in [1.54, 1.807) is 24.7 Å². The maximum Gasteiger partial charge on any atom is 0.335 e. The minimum Gasteiger partial charge on any atom is -0.478 e. The average molecular weight is 342 g/mol. The van der Waals surface area contributed by atoms with Crippen LogP contribution in [0.15, 0.2) is 59.0 Å². The number of rotatable bonds is 2. The molecule has 0 saturated carbocycles. The topological polar surface area (TPSA) is 76.7 Å². The molecule has 0 amide bonds. The second kappa shape index (κ2) is 6.75. The fourth-order valence-corrected chi connectivity index (χ4v) is 3.75. The Morgan fingerprint density at radius 2 is 2.24 bits per heavy atom. The van der Waals surface area contributed by atoms with E-state index in [0.29, 0.717) is 31.3 Å². The maximum atomic E-state index is 12.7. The van der Waals surface area contributed by atoms with E-state index in [4.69, 9.17) is 9.15 Å². The molecule has 3 rings (SSSR count). The van der Waals surface area contributed by atoms with Crippen molar-refractivity contribution in [2.24, 2.45) is 11.3 Å². The number of hydrogen-bond donors (Lipinski definition) is 1. The van der Waals surface area contributed by atoms with Gasteiger partial charge in [0.25, 0.3) is 0 Å². The first-order chi connectivity index (χ1) is 11.9. The number of fused-ring (bicyclic) bond motifs is 1. The van der Waals surface area contributed by atoms with Gasteiger partial charge in [-0.2, -0.15) is 0 Å². The number of cyclic esters (lactones) is 1. The normalized spacial score (nSPS) is 30.2. The average Bonchev–Trinajstić information content (AvgIpc) is 3.07. The van der Waals surface area contributed by atoms with Gasteiger partial charge in [-0.15, -0.1) is 0 Å². The summed E-state index contributed by atoms with van der Waals surface area (Å²) < 4.78 is 10.8. The molecule has 5 nitrogen and oxygen atoms in total. The lowest BCUT2D eigenvalue weighted by molar-refractivity contribution is -0.173. The van der Waals surface area contributed by atoms with E-state index in [9.17, 15) is 14.7 Å². The van der Waals surface area contributed by atoms with E-state index in [2.05, 4.69) is 13.5 Å². The first-order valence-corrected chi connectivity index (χ1v) is 8.41. The Kier molecular flexibility index (Phi) is 4.66. The van der Waals surface area contributed by atoms with Crippen molar-refractivity contribution in [3.05, 3.63) is 60.1 Å². The van der Waals surface area contributed by atoms with Gasteiger partial charge in [-0.1, -0.05) is 25.7 Å². The number of carboxylic acids is 1. The Bertz CT molecular complexity index is 740. The molecule has 1 aromatic heterocycles. The van der Waals surface area contributed by atoms with Crippen LogP contribution in [0.1, 0.15) is 44.3 Å². The number of hydrogen-bond acceptors (Lipinski definition) is 4. The van der Waals surface area contributed by atoms with E-state index >= 15 is 0 Å². The molecule has 3 unspecified atom stereocenters. The fraction of sp³-hybridized carbons (Fsp3) is 0.400.